The lowest BCUT2D eigenvalue weighted by atomic mass is 10.0. The van der Waals surface area contributed by atoms with Crippen molar-refractivity contribution in [2.45, 2.75) is 19.0 Å². The molecule has 0 amide bonds. The Hall–Kier alpha value is -0.340. The number of fused-ring (bicyclic) bond motifs is 1. The first-order chi connectivity index (χ1) is 8.28. The number of nitrogens with one attached hydrogen (secondary N) is 1. The second kappa shape index (κ2) is 4.97. The highest BCUT2D eigenvalue weighted by Gasteiger charge is 2.41. The van der Waals surface area contributed by atoms with Crippen LogP contribution in [0.1, 0.15) is 12.8 Å². The summed E-state index contributed by atoms with van der Waals surface area (Å²) < 4.78 is 61.1. The average molecular weight is 286 g/mol. The standard InChI is InChI=1S/C10H17F3N2O2S/c11-10(12,13)2-1-3-18(16,17)15-6-8-4-14-5-9(8)7-15/h8-9,14H,1-7H2/t8-,9+. The highest BCUT2D eigenvalue weighted by molar-refractivity contribution is 7.89. The molecule has 0 aromatic heterocycles. The molecule has 0 aromatic rings. The van der Waals surface area contributed by atoms with E-state index in [4.69, 9.17) is 0 Å². The maximum absolute atomic E-state index is 12.0. The van der Waals surface area contributed by atoms with E-state index in [1.807, 2.05) is 0 Å². The first-order valence-electron chi connectivity index (χ1n) is 6.03. The molecule has 0 aromatic carbocycles. The van der Waals surface area contributed by atoms with Crippen LogP contribution in [0.15, 0.2) is 0 Å². The van der Waals surface area contributed by atoms with Crippen molar-refractivity contribution < 1.29 is 21.6 Å². The molecule has 2 heterocycles. The molecule has 2 atom stereocenters. The van der Waals surface area contributed by atoms with Crippen LogP contribution < -0.4 is 5.32 Å². The Labute approximate surface area is 105 Å². The summed E-state index contributed by atoms with van der Waals surface area (Å²) >= 11 is 0. The van der Waals surface area contributed by atoms with Gasteiger partial charge in [-0.25, -0.2) is 12.7 Å². The van der Waals surface area contributed by atoms with E-state index in [2.05, 4.69) is 5.32 Å². The topological polar surface area (TPSA) is 49.4 Å². The molecule has 0 spiro atoms. The fraction of sp³-hybridized carbons (Fsp3) is 1.00. The van der Waals surface area contributed by atoms with Crippen molar-refractivity contribution in [3.05, 3.63) is 0 Å². The lowest BCUT2D eigenvalue weighted by Gasteiger charge is -2.17. The van der Waals surface area contributed by atoms with E-state index in [-0.39, 0.29) is 6.42 Å². The quantitative estimate of drug-likeness (QED) is 0.832. The minimum absolute atomic E-state index is 0.322. The van der Waals surface area contributed by atoms with Gasteiger partial charge in [0.2, 0.25) is 10.0 Å². The molecule has 4 nitrogen and oxygen atoms in total. The predicted octanol–water partition coefficient (Wildman–Crippen LogP) is 0.810. The van der Waals surface area contributed by atoms with Crippen molar-refractivity contribution in [1.82, 2.24) is 9.62 Å². The van der Waals surface area contributed by atoms with E-state index in [1.54, 1.807) is 0 Å². The number of halogens is 3. The van der Waals surface area contributed by atoms with E-state index in [0.717, 1.165) is 13.1 Å². The summed E-state index contributed by atoms with van der Waals surface area (Å²) in [7, 11) is -3.52. The molecule has 2 rings (SSSR count). The van der Waals surface area contributed by atoms with Crippen molar-refractivity contribution in [3.63, 3.8) is 0 Å². The molecule has 2 aliphatic heterocycles. The molecule has 1 N–H and O–H groups in total. The van der Waals surface area contributed by atoms with Crippen LogP contribution in [-0.2, 0) is 10.0 Å². The van der Waals surface area contributed by atoms with Crippen LogP contribution in [0.2, 0.25) is 0 Å². The second-order valence-corrected chi connectivity index (χ2v) is 7.12. The minimum atomic E-state index is -4.28. The van der Waals surface area contributed by atoms with E-state index >= 15 is 0 Å². The van der Waals surface area contributed by atoms with Crippen LogP contribution in [0.5, 0.6) is 0 Å². The Morgan fingerprint density at radius 3 is 2.22 bits per heavy atom. The van der Waals surface area contributed by atoms with Gasteiger partial charge in [0, 0.05) is 19.5 Å². The van der Waals surface area contributed by atoms with Crippen LogP contribution in [0.25, 0.3) is 0 Å². The number of hydrogen-bond acceptors (Lipinski definition) is 3. The third-order valence-corrected chi connectivity index (χ3v) is 5.50. The molecule has 2 aliphatic rings. The number of nitrogens with zero attached hydrogens (tertiary/aromatic N) is 1. The lowest BCUT2D eigenvalue weighted by molar-refractivity contribution is -0.134. The Morgan fingerprint density at radius 2 is 1.72 bits per heavy atom. The van der Waals surface area contributed by atoms with Crippen LogP contribution in [0.3, 0.4) is 0 Å². The van der Waals surface area contributed by atoms with E-state index in [1.165, 1.54) is 4.31 Å². The maximum Gasteiger partial charge on any atom is 0.389 e. The molecule has 0 bridgehead atoms. The molecule has 0 radical (unpaired) electrons. The molecule has 18 heavy (non-hydrogen) atoms. The normalized spacial score (nSPS) is 29.7. The smallest absolute Gasteiger partial charge is 0.316 e. The highest BCUT2D eigenvalue weighted by atomic mass is 32.2. The Morgan fingerprint density at radius 1 is 1.17 bits per heavy atom. The molecule has 0 aliphatic carbocycles. The fourth-order valence-corrected chi connectivity index (χ4v) is 4.23. The van der Waals surface area contributed by atoms with Crippen molar-refractivity contribution in [2.75, 3.05) is 31.9 Å². The summed E-state index contributed by atoms with van der Waals surface area (Å²) in [6.07, 6.45) is -5.66. The van der Waals surface area contributed by atoms with Crippen LogP contribution in [0, 0.1) is 11.8 Å². The monoisotopic (exact) mass is 286 g/mol. The highest BCUT2D eigenvalue weighted by Crippen LogP contribution is 2.29. The van der Waals surface area contributed by atoms with E-state index in [0.29, 0.717) is 24.9 Å². The van der Waals surface area contributed by atoms with Gasteiger partial charge in [-0.2, -0.15) is 13.2 Å². The number of alkyl halides is 3. The van der Waals surface area contributed by atoms with Crippen molar-refractivity contribution in [1.29, 1.82) is 0 Å². The summed E-state index contributed by atoms with van der Waals surface area (Å²) in [5, 5.41) is 3.19. The van der Waals surface area contributed by atoms with Crippen LogP contribution in [0.4, 0.5) is 13.2 Å². The average Bonchev–Trinajstić information content (AvgIpc) is 2.72. The van der Waals surface area contributed by atoms with Gasteiger partial charge in [0.15, 0.2) is 0 Å². The molecule has 0 saturated carbocycles. The van der Waals surface area contributed by atoms with Gasteiger partial charge >= 0.3 is 6.18 Å². The molecule has 8 heteroatoms. The molecule has 2 saturated heterocycles. The van der Waals surface area contributed by atoms with Gasteiger partial charge in [0.25, 0.3) is 0 Å². The van der Waals surface area contributed by atoms with Gasteiger partial charge in [0.1, 0.15) is 0 Å². The Bertz CT molecular complexity index is 384. The van der Waals surface area contributed by atoms with Crippen molar-refractivity contribution in [3.8, 4) is 0 Å². The van der Waals surface area contributed by atoms with Gasteiger partial charge in [0.05, 0.1) is 5.75 Å². The van der Waals surface area contributed by atoms with Crippen molar-refractivity contribution >= 4 is 10.0 Å². The van der Waals surface area contributed by atoms with Crippen molar-refractivity contribution in [2.24, 2.45) is 11.8 Å². The molecular weight excluding hydrogens is 269 g/mol. The number of hydrogen-bond donors (Lipinski definition) is 1. The van der Waals surface area contributed by atoms with E-state index in [9.17, 15) is 21.6 Å². The summed E-state index contributed by atoms with van der Waals surface area (Å²) in [4.78, 5) is 0. The maximum atomic E-state index is 12.0. The first kappa shape index (κ1) is 14.1. The summed E-state index contributed by atoms with van der Waals surface area (Å²) in [5.74, 6) is 0.240. The fourth-order valence-electron chi connectivity index (χ4n) is 2.62. The van der Waals surface area contributed by atoms with Gasteiger partial charge in [-0.05, 0) is 31.3 Å². The lowest BCUT2D eigenvalue weighted by Crippen LogP contribution is -2.34. The first-order valence-corrected chi connectivity index (χ1v) is 7.64. The van der Waals surface area contributed by atoms with Gasteiger partial charge in [-0.3, -0.25) is 0 Å². The molecule has 106 valence electrons. The van der Waals surface area contributed by atoms with Crippen LogP contribution in [-0.4, -0.2) is 50.8 Å². The predicted molar refractivity (Wildman–Crippen MR) is 60.5 cm³/mol. The summed E-state index contributed by atoms with van der Waals surface area (Å²) in [6.45, 7) is 2.51. The summed E-state index contributed by atoms with van der Waals surface area (Å²) in [6, 6.07) is 0. The van der Waals surface area contributed by atoms with Gasteiger partial charge in [-0.1, -0.05) is 0 Å². The molecular formula is C10H17F3N2O2S. The molecule has 2 fully saturated rings. The zero-order chi connectivity index (χ0) is 13.4. The minimum Gasteiger partial charge on any atom is -0.316 e. The number of rotatable bonds is 4. The summed E-state index contributed by atoms with van der Waals surface area (Å²) in [5.41, 5.74) is 0. The Kier molecular flexibility index (Phi) is 3.89. The second-order valence-electron chi connectivity index (χ2n) is 5.03. The third kappa shape index (κ3) is 3.36. The zero-order valence-electron chi connectivity index (χ0n) is 9.91. The van der Waals surface area contributed by atoms with Gasteiger partial charge in [-0.15, -0.1) is 0 Å². The largest absolute Gasteiger partial charge is 0.389 e. The van der Waals surface area contributed by atoms with E-state index < -0.39 is 28.4 Å². The van der Waals surface area contributed by atoms with Gasteiger partial charge < -0.3 is 5.32 Å². The Balaban J connectivity index is 1.84. The zero-order valence-corrected chi connectivity index (χ0v) is 10.7. The molecule has 0 unspecified atom stereocenters. The van der Waals surface area contributed by atoms with Crippen LogP contribution >= 0.6 is 0 Å². The number of sulfonamides is 1. The third-order valence-electron chi connectivity index (χ3n) is 3.61. The SMILES string of the molecule is O=S(=O)(CCCC(F)(F)F)N1C[C@H]2CNC[C@H]2C1.